The van der Waals surface area contributed by atoms with E-state index in [-0.39, 0.29) is 34.2 Å². The predicted octanol–water partition coefficient (Wildman–Crippen LogP) is 4.74. The van der Waals surface area contributed by atoms with Crippen LogP contribution in [-0.2, 0) is 26.2 Å². The molecule has 0 saturated carbocycles. The first-order valence-electron chi connectivity index (χ1n) is 10.6. The van der Waals surface area contributed by atoms with Crippen LogP contribution in [0.2, 0.25) is 15.1 Å². The number of rotatable bonds is 10. The molecule has 0 heterocycles. The molecule has 1 N–H and O–H groups in total. The predicted molar refractivity (Wildman–Crippen MR) is 138 cm³/mol. The van der Waals surface area contributed by atoms with Gasteiger partial charge in [0.15, 0.2) is 0 Å². The zero-order valence-corrected chi connectivity index (χ0v) is 22.5. The molecule has 0 aliphatic heterocycles. The third kappa shape index (κ3) is 8.05. The Labute approximate surface area is 216 Å². The molecule has 7 nitrogen and oxygen atoms in total. The first-order chi connectivity index (χ1) is 15.8. The van der Waals surface area contributed by atoms with Crippen molar-refractivity contribution in [3.05, 3.63) is 63.1 Å². The number of hydrogen-bond acceptors (Lipinski definition) is 4. The van der Waals surface area contributed by atoms with Gasteiger partial charge < -0.3 is 10.2 Å². The van der Waals surface area contributed by atoms with Crippen molar-refractivity contribution >= 4 is 62.3 Å². The Morgan fingerprint density at radius 2 is 1.53 bits per heavy atom. The second-order valence-electron chi connectivity index (χ2n) is 8.04. The highest BCUT2D eigenvalue weighted by Gasteiger charge is 2.30. The number of amides is 2. The summed E-state index contributed by atoms with van der Waals surface area (Å²) >= 11 is 18.1. The maximum atomic E-state index is 13.5. The summed E-state index contributed by atoms with van der Waals surface area (Å²) in [4.78, 5) is 27.7. The monoisotopic (exact) mass is 547 g/mol. The minimum Gasteiger partial charge on any atom is -0.352 e. The summed E-state index contributed by atoms with van der Waals surface area (Å²) < 4.78 is 26.1. The van der Waals surface area contributed by atoms with E-state index in [2.05, 4.69) is 5.32 Å². The van der Waals surface area contributed by atoms with Gasteiger partial charge in [-0.25, -0.2) is 8.42 Å². The van der Waals surface area contributed by atoms with E-state index in [1.807, 2.05) is 13.8 Å². The third-order valence-electron chi connectivity index (χ3n) is 5.25. The molecule has 0 fully saturated rings. The maximum Gasteiger partial charge on any atom is 0.244 e. The van der Waals surface area contributed by atoms with Crippen LogP contribution in [0.1, 0.15) is 32.8 Å². The molecule has 2 atom stereocenters. The molecule has 0 aromatic heterocycles. The van der Waals surface area contributed by atoms with E-state index in [1.165, 1.54) is 23.1 Å². The maximum absolute atomic E-state index is 13.5. The highest BCUT2D eigenvalue weighted by atomic mass is 35.5. The van der Waals surface area contributed by atoms with E-state index in [0.717, 1.165) is 22.5 Å². The number of halogens is 3. The number of carbonyl (C=O) groups is 2. The molecule has 0 saturated heterocycles. The fraction of sp³-hybridized carbons (Fsp3) is 0.391. The van der Waals surface area contributed by atoms with Gasteiger partial charge in [0.1, 0.15) is 12.6 Å². The Bertz CT molecular complexity index is 1110. The second-order valence-corrected chi connectivity index (χ2v) is 11.3. The minimum absolute atomic E-state index is 0.0800. The molecule has 0 aliphatic carbocycles. The molecule has 2 amide bonds. The number of sulfonamides is 1. The third-order valence-corrected chi connectivity index (χ3v) is 7.08. The zero-order valence-electron chi connectivity index (χ0n) is 19.4. The summed E-state index contributed by atoms with van der Waals surface area (Å²) in [6.07, 6.45) is 1.71. The van der Waals surface area contributed by atoms with Crippen LogP contribution in [0, 0.1) is 0 Å². The summed E-state index contributed by atoms with van der Waals surface area (Å²) in [6.45, 7) is 4.95. The van der Waals surface area contributed by atoms with Crippen molar-refractivity contribution in [2.75, 3.05) is 17.1 Å². The van der Waals surface area contributed by atoms with Crippen molar-refractivity contribution in [3.8, 4) is 0 Å². The van der Waals surface area contributed by atoms with E-state index >= 15 is 0 Å². The Kier molecular flexibility index (Phi) is 10.1. The number of nitrogens with one attached hydrogen (secondary N) is 1. The lowest BCUT2D eigenvalue weighted by molar-refractivity contribution is -0.139. The van der Waals surface area contributed by atoms with E-state index in [0.29, 0.717) is 5.02 Å². The summed E-state index contributed by atoms with van der Waals surface area (Å²) in [5.41, 5.74) is 0.883. The average Bonchev–Trinajstić information content (AvgIpc) is 2.74. The molecule has 186 valence electrons. The number of benzene rings is 2. The number of anilines is 1. The van der Waals surface area contributed by atoms with Crippen molar-refractivity contribution in [3.63, 3.8) is 0 Å². The summed E-state index contributed by atoms with van der Waals surface area (Å²) in [7, 11) is -3.88. The molecule has 34 heavy (non-hydrogen) atoms. The molecule has 2 aromatic rings. The van der Waals surface area contributed by atoms with Crippen LogP contribution in [0.3, 0.4) is 0 Å². The molecule has 0 spiro atoms. The fourth-order valence-electron chi connectivity index (χ4n) is 3.13. The van der Waals surface area contributed by atoms with Gasteiger partial charge in [0.05, 0.1) is 11.9 Å². The van der Waals surface area contributed by atoms with Crippen LogP contribution >= 0.6 is 34.8 Å². The normalized spacial score (nSPS) is 13.1. The van der Waals surface area contributed by atoms with Crippen molar-refractivity contribution in [2.24, 2.45) is 0 Å². The average molecular weight is 549 g/mol. The zero-order chi connectivity index (χ0) is 25.6. The molecule has 0 unspecified atom stereocenters. The van der Waals surface area contributed by atoms with E-state index < -0.39 is 28.5 Å². The number of hydrogen-bond donors (Lipinski definition) is 1. The van der Waals surface area contributed by atoms with Gasteiger partial charge in [-0.3, -0.25) is 13.9 Å². The standard InChI is InChI=1S/C23H28Cl3N3O4S/c1-5-15(2)27-23(31)16(3)28(13-17-6-8-18(24)9-7-17)22(30)14-29(34(4,32)33)21-11-19(25)10-20(26)12-21/h6-12,15-16H,5,13-14H2,1-4H3,(H,27,31)/t15-,16+/m0/s1. The van der Waals surface area contributed by atoms with Crippen LogP contribution in [0.5, 0.6) is 0 Å². The number of nitrogens with zero attached hydrogens (tertiary/aromatic N) is 2. The Morgan fingerprint density at radius 1 is 0.971 bits per heavy atom. The summed E-state index contributed by atoms with van der Waals surface area (Å²) in [6, 6.07) is 10.2. The second kappa shape index (κ2) is 12.1. The molecule has 11 heteroatoms. The van der Waals surface area contributed by atoms with Gasteiger partial charge in [0.25, 0.3) is 0 Å². The molecular weight excluding hydrogens is 521 g/mol. The summed E-state index contributed by atoms with van der Waals surface area (Å²) in [5.74, 6) is -0.906. The van der Waals surface area contributed by atoms with Crippen LogP contribution in [-0.4, -0.2) is 50.0 Å². The van der Waals surface area contributed by atoms with Crippen LogP contribution in [0.4, 0.5) is 5.69 Å². The van der Waals surface area contributed by atoms with Crippen molar-refractivity contribution in [1.82, 2.24) is 10.2 Å². The molecule has 0 bridgehead atoms. The van der Waals surface area contributed by atoms with E-state index in [4.69, 9.17) is 34.8 Å². The lowest BCUT2D eigenvalue weighted by Gasteiger charge is -2.32. The first kappa shape index (κ1) is 28.2. The molecule has 2 rings (SSSR count). The lowest BCUT2D eigenvalue weighted by atomic mass is 10.1. The van der Waals surface area contributed by atoms with Crippen LogP contribution in [0.15, 0.2) is 42.5 Å². The van der Waals surface area contributed by atoms with E-state index in [1.54, 1.807) is 31.2 Å². The Hall–Kier alpha value is -2.00. The lowest BCUT2D eigenvalue weighted by Crippen LogP contribution is -2.52. The van der Waals surface area contributed by atoms with Gasteiger partial charge >= 0.3 is 0 Å². The van der Waals surface area contributed by atoms with Crippen molar-refractivity contribution < 1.29 is 18.0 Å². The first-order valence-corrected chi connectivity index (χ1v) is 13.6. The highest BCUT2D eigenvalue weighted by molar-refractivity contribution is 7.92. The smallest absolute Gasteiger partial charge is 0.244 e. The van der Waals surface area contributed by atoms with Gasteiger partial charge in [-0.1, -0.05) is 53.9 Å². The molecule has 0 aliphatic rings. The Morgan fingerprint density at radius 3 is 2.03 bits per heavy atom. The van der Waals surface area contributed by atoms with Gasteiger partial charge in [-0.05, 0) is 56.2 Å². The SMILES string of the molecule is CC[C@H](C)NC(=O)[C@@H](C)N(Cc1ccc(Cl)cc1)C(=O)CN(c1cc(Cl)cc(Cl)c1)S(C)(=O)=O. The van der Waals surface area contributed by atoms with Crippen LogP contribution < -0.4 is 9.62 Å². The van der Waals surface area contributed by atoms with E-state index in [9.17, 15) is 18.0 Å². The van der Waals surface area contributed by atoms with Crippen LogP contribution in [0.25, 0.3) is 0 Å². The largest absolute Gasteiger partial charge is 0.352 e. The molecule has 2 aromatic carbocycles. The van der Waals surface area contributed by atoms with Gasteiger partial charge in [0, 0.05) is 27.7 Å². The topological polar surface area (TPSA) is 86.8 Å². The highest BCUT2D eigenvalue weighted by Crippen LogP contribution is 2.27. The van der Waals surface area contributed by atoms with Crippen molar-refractivity contribution in [2.45, 2.75) is 45.8 Å². The van der Waals surface area contributed by atoms with Gasteiger partial charge in [0.2, 0.25) is 21.8 Å². The van der Waals surface area contributed by atoms with Gasteiger partial charge in [-0.15, -0.1) is 0 Å². The minimum atomic E-state index is -3.88. The van der Waals surface area contributed by atoms with Gasteiger partial charge in [-0.2, -0.15) is 0 Å². The van der Waals surface area contributed by atoms with Crippen molar-refractivity contribution in [1.29, 1.82) is 0 Å². The fourth-order valence-corrected chi connectivity index (χ4v) is 4.61. The molecule has 0 radical (unpaired) electrons. The molecular formula is C23H28Cl3N3O4S. The number of carbonyl (C=O) groups excluding carboxylic acids is 2. The quantitative estimate of drug-likeness (QED) is 0.464. The summed E-state index contributed by atoms with van der Waals surface area (Å²) in [5, 5.41) is 3.85. The Balaban J connectivity index is 2.41.